The van der Waals surface area contributed by atoms with E-state index in [2.05, 4.69) is 5.32 Å². The highest BCUT2D eigenvalue weighted by Gasteiger charge is 2.27. The second-order valence-electron chi connectivity index (χ2n) is 7.61. The van der Waals surface area contributed by atoms with Crippen molar-refractivity contribution in [2.24, 2.45) is 5.92 Å². The smallest absolute Gasteiger partial charge is 0.264 e. The van der Waals surface area contributed by atoms with Gasteiger partial charge in [-0.05, 0) is 56.0 Å². The molecule has 2 aromatic carbocycles. The number of anilines is 1. The van der Waals surface area contributed by atoms with Crippen LogP contribution < -0.4 is 9.62 Å². The Hall–Kier alpha value is -2.05. The van der Waals surface area contributed by atoms with Crippen LogP contribution in [0.5, 0.6) is 0 Å². The molecule has 1 fully saturated rings. The first kappa shape index (κ1) is 21.7. The third kappa shape index (κ3) is 5.73. The van der Waals surface area contributed by atoms with Gasteiger partial charge in [-0.3, -0.25) is 9.10 Å². The largest absolute Gasteiger partial charge is 0.354 e. The summed E-state index contributed by atoms with van der Waals surface area (Å²) in [6, 6.07) is 13.1. The molecule has 0 spiro atoms. The molecule has 1 saturated carbocycles. The van der Waals surface area contributed by atoms with Crippen LogP contribution in [0.3, 0.4) is 0 Å². The minimum atomic E-state index is -3.91. The lowest BCUT2D eigenvalue weighted by atomic mass is 9.89. The molecule has 0 bridgehead atoms. The third-order valence-corrected chi connectivity index (χ3v) is 7.33. The van der Waals surface area contributed by atoms with Crippen molar-refractivity contribution in [1.29, 1.82) is 0 Å². The fraction of sp³-hybridized carbons (Fsp3) is 0.409. The Morgan fingerprint density at radius 3 is 2.45 bits per heavy atom. The number of sulfonamides is 1. The van der Waals surface area contributed by atoms with Crippen LogP contribution in [-0.4, -0.2) is 27.4 Å². The van der Waals surface area contributed by atoms with E-state index in [1.54, 1.807) is 48.5 Å². The summed E-state index contributed by atoms with van der Waals surface area (Å²) in [6.45, 7) is 2.19. The Balaban J connectivity index is 1.81. The van der Waals surface area contributed by atoms with Crippen LogP contribution in [-0.2, 0) is 14.8 Å². The van der Waals surface area contributed by atoms with E-state index in [4.69, 9.17) is 11.6 Å². The molecule has 0 aromatic heterocycles. The van der Waals surface area contributed by atoms with Crippen molar-refractivity contribution in [2.45, 2.75) is 43.9 Å². The van der Waals surface area contributed by atoms with Crippen molar-refractivity contribution < 1.29 is 13.2 Å². The Morgan fingerprint density at radius 2 is 1.79 bits per heavy atom. The van der Waals surface area contributed by atoms with Gasteiger partial charge in [0.1, 0.15) is 6.54 Å². The highest BCUT2D eigenvalue weighted by atomic mass is 35.5. The molecular formula is C22H27ClN2O3S. The zero-order chi connectivity index (χ0) is 20.9. The quantitative estimate of drug-likeness (QED) is 0.695. The standard InChI is InChI=1S/C22H27ClN2O3S/c1-17-10-12-21(13-11-17)29(27,28)25(20-9-5-8-19(23)14-20)16-22(26)24-15-18-6-3-2-4-7-18/h5,8-14,18H,2-4,6-7,15-16H2,1H3,(H,24,26). The molecule has 5 nitrogen and oxygen atoms in total. The van der Waals surface area contributed by atoms with Crippen LogP contribution in [0.1, 0.15) is 37.7 Å². The predicted octanol–water partition coefficient (Wildman–Crippen LogP) is 4.54. The second-order valence-corrected chi connectivity index (χ2v) is 9.91. The molecule has 1 aliphatic rings. The summed E-state index contributed by atoms with van der Waals surface area (Å²) < 4.78 is 27.7. The van der Waals surface area contributed by atoms with Gasteiger partial charge in [-0.2, -0.15) is 0 Å². The molecule has 156 valence electrons. The van der Waals surface area contributed by atoms with Crippen molar-refractivity contribution in [1.82, 2.24) is 5.32 Å². The summed E-state index contributed by atoms with van der Waals surface area (Å²) in [5.41, 5.74) is 1.33. The minimum Gasteiger partial charge on any atom is -0.354 e. The molecular weight excluding hydrogens is 408 g/mol. The first-order chi connectivity index (χ1) is 13.9. The van der Waals surface area contributed by atoms with Gasteiger partial charge >= 0.3 is 0 Å². The molecule has 0 aliphatic heterocycles. The van der Waals surface area contributed by atoms with E-state index in [-0.39, 0.29) is 17.3 Å². The summed E-state index contributed by atoms with van der Waals surface area (Å²) >= 11 is 6.08. The van der Waals surface area contributed by atoms with E-state index >= 15 is 0 Å². The van der Waals surface area contributed by atoms with Gasteiger partial charge in [0.2, 0.25) is 5.91 Å². The number of nitrogens with one attached hydrogen (secondary N) is 1. The first-order valence-corrected chi connectivity index (χ1v) is 11.8. The number of halogens is 1. The van der Waals surface area contributed by atoms with Crippen molar-refractivity contribution in [3.63, 3.8) is 0 Å². The van der Waals surface area contributed by atoms with Gasteiger partial charge in [0.25, 0.3) is 10.0 Å². The van der Waals surface area contributed by atoms with E-state index in [0.29, 0.717) is 23.2 Å². The Labute approximate surface area is 178 Å². The maximum absolute atomic E-state index is 13.3. The van der Waals surface area contributed by atoms with Gasteiger partial charge in [-0.1, -0.05) is 54.6 Å². The van der Waals surface area contributed by atoms with Crippen LogP contribution >= 0.6 is 11.6 Å². The van der Waals surface area contributed by atoms with E-state index in [1.807, 2.05) is 6.92 Å². The highest BCUT2D eigenvalue weighted by molar-refractivity contribution is 7.92. The molecule has 1 N–H and O–H groups in total. The number of hydrogen-bond acceptors (Lipinski definition) is 3. The number of aryl methyl sites for hydroxylation is 1. The third-order valence-electron chi connectivity index (χ3n) is 5.31. The van der Waals surface area contributed by atoms with Gasteiger partial charge < -0.3 is 5.32 Å². The van der Waals surface area contributed by atoms with Crippen LogP contribution in [0.25, 0.3) is 0 Å². The molecule has 1 aliphatic carbocycles. The Morgan fingerprint density at radius 1 is 1.10 bits per heavy atom. The summed E-state index contributed by atoms with van der Waals surface area (Å²) in [7, 11) is -3.91. The number of hydrogen-bond donors (Lipinski definition) is 1. The number of amides is 1. The van der Waals surface area contributed by atoms with Crippen LogP contribution in [0.15, 0.2) is 53.4 Å². The average molecular weight is 435 g/mol. The first-order valence-electron chi connectivity index (χ1n) is 9.98. The lowest BCUT2D eigenvalue weighted by molar-refractivity contribution is -0.119. The molecule has 3 rings (SSSR count). The SMILES string of the molecule is Cc1ccc(S(=O)(=O)N(CC(=O)NCC2CCCCC2)c2cccc(Cl)c2)cc1. The topological polar surface area (TPSA) is 66.5 Å². The molecule has 29 heavy (non-hydrogen) atoms. The number of benzene rings is 2. The summed E-state index contributed by atoms with van der Waals surface area (Å²) in [5, 5.41) is 3.33. The fourth-order valence-electron chi connectivity index (χ4n) is 3.62. The highest BCUT2D eigenvalue weighted by Crippen LogP contribution is 2.26. The summed E-state index contributed by atoms with van der Waals surface area (Å²) in [6.07, 6.45) is 5.86. The van der Waals surface area contributed by atoms with Crippen molar-refractivity contribution in [3.8, 4) is 0 Å². The molecule has 0 atom stereocenters. The van der Waals surface area contributed by atoms with Crippen LogP contribution in [0.2, 0.25) is 5.02 Å². The number of rotatable bonds is 7. The zero-order valence-electron chi connectivity index (χ0n) is 16.6. The number of carbonyl (C=O) groups is 1. The normalized spacial score (nSPS) is 15.1. The lowest BCUT2D eigenvalue weighted by Gasteiger charge is -2.26. The molecule has 1 amide bonds. The van der Waals surface area contributed by atoms with Gasteiger partial charge in [0, 0.05) is 11.6 Å². The van der Waals surface area contributed by atoms with E-state index < -0.39 is 10.0 Å². The molecule has 0 radical (unpaired) electrons. The van der Waals surface area contributed by atoms with Crippen molar-refractivity contribution in [2.75, 3.05) is 17.4 Å². The minimum absolute atomic E-state index is 0.142. The van der Waals surface area contributed by atoms with Gasteiger partial charge in [-0.15, -0.1) is 0 Å². The van der Waals surface area contributed by atoms with Crippen LogP contribution in [0, 0.1) is 12.8 Å². The monoisotopic (exact) mass is 434 g/mol. The number of carbonyl (C=O) groups excluding carboxylic acids is 1. The maximum atomic E-state index is 13.3. The second kappa shape index (κ2) is 9.63. The van der Waals surface area contributed by atoms with Crippen molar-refractivity contribution in [3.05, 3.63) is 59.1 Å². The van der Waals surface area contributed by atoms with Gasteiger partial charge in [-0.25, -0.2) is 8.42 Å². The van der Waals surface area contributed by atoms with Gasteiger partial charge in [0.15, 0.2) is 0 Å². The van der Waals surface area contributed by atoms with Crippen LogP contribution in [0.4, 0.5) is 5.69 Å². The molecule has 0 heterocycles. The molecule has 7 heteroatoms. The molecule has 0 unspecified atom stereocenters. The van der Waals surface area contributed by atoms with E-state index in [9.17, 15) is 13.2 Å². The molecule has 0 saturated heterocycles. The summed E-state index contributed by atoms with van der Waals surface area (Å²) in [4.78, 5) is 12.8. The van der Waals surface area contributed by atoms with E-state index in [1.165, 1.54) is 19.3 Å². The van der Waals surface area contributed by atoms with E-state index in [0.717, 1.165) is 22.7 Å². The Bertz CT molecular complexity index is 939. The number of nitrogens with zero attached hydrogens (tertiary/aromatic N) is 1. The predicted molar refractivity (Wildman–Crippen MR) is 117 cm³/mol. The zero-order valence-corrected chi connectivity index (χ0v) is 18.2. The average Bonchev–Trinajstić information content (AvgIpc) is 2.71. The van der Waals surface area contributed by atoms with Gasteiger partial charge in [0.05, 0.1) is 10.6 Å². The lowest BCUT2D eigenvalue weighted by Crippen LogP contribution is -2.42. The fourth-order valence-corrected chi connectivity index (χ4v) is 5.22. The van der Waals surface area contributed by atoms with Crippen molar-refractivity contribution >= 4 is 33.2 Å². The molecule has 2 aromatic rings. The summed E-state index contributed by atoms with van der Waals surface area (Å²) in [5.74, 6) is 0.160. The maximum Gasteiger partial charge on any atom is 0.264 e. The Kier molecular flexibility index (Phi) is 7.19.